The number of aryl methyl sites for hydroxylation is 1. The molecule has 130 valence electrons. The summed E-state index contributed by atoms with van der Waals surface area (Å²) in [5, 5.41) is 0. The Bertz CT molecular complexity index is 414. The molecule has 0 amide bonds. The van der Waals surface area contributed by atoms with Crippen LogP contribution >= 0.6 is 0 Å². The minimum absolute atomic E-state index is 1.03. The molecule has 0 aromatic heterocycles. The summed E-state index contributed by atoms with van der Waals surface area (Å²) in [6.45, 7) is 13.8. The van der Waals surface area contributed by atoms with Gasteiger partial charge in [-0.05, 0) is 42.7 Å². The molecule has 2 fully saturated rings. The Morgan fingerprint density at radius 3 is 2.00 bits per heavy atom. The first-order valence-corrected chi connectivity index (χ1v) is 9.86. The van der Waals surface area contributed by atoms with Gasteiger partial charge in [-0.15, -0.1) is 0 Å². The van der Waals surface area contributed by atoms with E-state index in [-0.39, 0.29) is 0 Å². The van der Waals surface area contributed by atoms with Crippen LogP contribution in [0.5, 0.6) is 0 Å². The van der Waals surface area contributed by atoms with E-state index in [4.69, 9.17) is 0 Å². The van der Waals surface area contributed by atoms with E-state index in [0.717, 1.165) is 12.5 Å². The van der Waals surface area contributed by atoms with Gasteiger partial charge in [-0.2, -0.15) is 0 Å². The lowest BCUT2D eigenvalue weighted by molar-refractivity contribution is 0.123. The molecule has 2 aliphatic rings. The molecule has 1 heterocycles. The third-order valence-electron chi connectivity index (χ3n) is 4.93. The number of benzene rings is 1. The van der Waals surface area contributed by atoms with Crippen LogP contribution in [0.3, 0.4) is 0 Å². The maximum Gasteiger partial charge on any atom is 0.0234 e. The zero-order chi connectivity index (χ0) is 16.5. The van der Waals surface area contributed by atoms with Gasteiger partial charge in [0.2, 0.25) is 0 Å². The minimum Gasteiger partial charge on any atom is -0.301 e. The molecule has 1 saturated heterocycles. The molecule has 0 bridgehead atoms. The van der Waals surface area contributed by atoms with Gasteiger partial charge in [0.15, 0.2) is 0 Å². The zero-order valence-electron chi connectivity index (χ0n) is 15.6. The quantitative estimate of drug-likeness (QED) is 0.726. The molecule has 0 unspecified atom stereocenters. The molecule has 0 atom stereocenters. The lowest BCUT2D eigenvalue weighted by Crippen LogP contribution is -2.46. The SMILES string of the molecule is CC.CCCCc1ccc(CN2CCN(CC3CC3)CC2)cc1. The second-order valence-corrected chi connectivity index (χ2v) is 6.94. The first-order chi connectivity index (χ1) is 11.3. The molecule has 2 heteroatoms. The molecule has 1 saturated carbocycles. The Morgan fingerprint density at radius 2 is 1.43 bits per heavy atom. The molecular weight excluding hydrogens is 280 g/mol. The predicted molar refractivity (Wildman–Crippen MR) is 101 cm³/mol. The normalized spacial score (nSPS) is 19.3. The summed E-state index contributed by atoms with van der Waals surface area (Å²) in [7, 11) is 0. The van der Waals surface area contributed by atoms with E-state index in [1.165, 1.54) is 76.0 Å². The first kappa shape index (κ1) is 18.5. The van der Waals surface area contributed by atoms with Crippen molar-refractivity contribution in [2.45, 2.75) is 59.4 Å². The Hall–Kier alpha value is -0.860. The van der Waals surface area contributed by atoms with Crippen LogP contribution in [0.4, 0.5) is 0 Å². The lowest BCUT2D eigenvalue weighted by atomic mass is 10.1. The minimum atomic E-state index is 1.03. The van der Waals surface area contributed by atoms with Crippen molar-refractivity contribution in [2.24, 2.45) is 5.92 Å². The molecular formula is C21H36N2. The van der Waals surface area contributed by atoms with Crippen LogP contribution in [0, 0.1) is 5.92 Å². The largest absolute Gasteiger partial charge is 0.301 e. The smallest absolute Gasteiger partial charge is 0.0234 e. The van der Waals surface area contributed by atoms with Crippen molar-refractivity contribution in [3.63, 3.8) is 0 Å². The van der Waals surface area contributed by atoms with Crippen LogP contribution in [0.1, 0.15) is 57.6 Å². The van der Waals surface area contributed by atoms with Gasteiger partial charge in [0.25, 0.3) is 0 Å². The van der Waals surface area contributed by atoms with Gasteiger partial charge in [-0.25, -0.2) is 0 Å². The average Bonchev–Trinajstić information content (AvgIpc) is 3.42. The van der Waals surface area contributed by atoms with Gasteiger partial charge >= 0.3 is 0 Å². The van der Waals surface area contributed by atoms with Crippen LogP contribution in [0.15, 0.2) is 24.3 Å². The van der Waals surface area contributed by atoms with Gasteiger partial charge in [0.05, 0.1) is 0 Å². The highest BCUT2D eigenvalue weighted by atomic mass is 15.3. The number of hydrogen-bond donors (Lipinski definition) is 0. The van der Waals surface area contributed by atoms with E-state index in [9.17, 15) is 0 Å². The predicted octanol–water partition coefficient (Wildman–Crippen LogP) is 4.58. The number of nitrogens with zero attached hydrogens (tertiary/aromatic N) is 2. The lowest BCUT2D eigenvalue weighted by Gasteiger charge is -2.34. The monoisotopic (exact) mass is 316 g/mol. The van der Waals surface area contributed by atoms with Crippen LogP contribution in [0.2, 0.25) is 0 Å². The molecule has 0 spiro atoms. The highest BCUT2D eigenvalue weighted by molar-refractivity contribution is 5.22. The first-order valence-electron chi connectivity index (χ1n) is 9.86. The molecule has 1 aliphatic carbocycles. The summed E-state index contributed by atoms with van der Waals surface area (Å²) in [6.07, 6.45) is 6.78. The van der Waals surface area contributed by atoms with Crippen LogP contribution < -0.4 is 0 Å². The van der Waals surface area contributed by atoms with E-state index in [1.54, 1.807) is 0 Å². The number of unbranched alkanes of at least 4 members (excludes halogenated alkanes) is 1. The van der Waals surface area contributed by atoms with E-state index in [2.05, 4.69) is 41.0 Å². The van der Waals surface area contributed by atoms with E-state index >= 15 is 0 Å². The third kappa shape index (κ3) is 6.64. The average molecular weight is 317 g/mol. The zero-order valence-corrected chi connectivity index (χ0v) is 15.6. The fourth-order valence-electron chi connectivity index (χ4n) is 3.25. The van der Waals surface area contributed by atoms with Gasteiger partial charge in [-0.1, -0.05) is 51.5 Å². The van der Waals surface area contributed by atoms with E-state index in [0.29, 0.717) is 0 Å². The van der Waals surface area contributed by atoms with E-state index < -0.39 is 0 Å². The summed E-state index contributed by atoms with van der Waals surface area (Å²) in [6, 6.07) is 9.33. The van der Waals surface area contributed by atoms with Crippen molar-refractivity contribution in [2.75, 3.05) is 32.7 Å². The summed E-state index contributed by atoms with van der Waals surface area (Å²) in [5.41, 5.74) is 2.97. The van der Waals surface area contributed by atoms with Gasteiger partial charge in [0, 0.05) is 39.3 Å². The molecule has 1 aromatic rings. The molecule has 3 rings (SSSR count). The number of hydrogen-bond acceptors (Lipinski definition) is 2. The van der Waals surface area contributed by atoms with Crippen molar-refractivity contribution in [1.29, 1.82) is 0 Å². The fourth-order valence-corrected chi connectivity index (χ4v) is 3.25. The highest BCUT2D eigenvalue weighted by Crippen LogP contribution is 2.30. The summed E-state index contributed by atoms with van der Waals surface area (Å²) in [4.78, 5) is 5.28. The Morgan fingerprint density at radius 1 is 0.870 bits per heavy atom. The molecule has 23 heavy (non-hydrogen) atoms. The van der Waals surface area contributed by atoms with Crippen molar-refractivity contribution < 1.29 is 0 Å². The van der Waals surface area contributed by atoms with Gasteiger partial charge < -0.3 is 4.90 Å². The molecule has 0 N–H and O–H groups in total. The number of rotatable bonds is 7. The topological polar surface area (TPSA) is 6.48 Å². The summed E-state index contributed by atoms with van der Waals surface area (Å²) >= 11 is 0. The molecule has 1 aromatic carbocycles. The molecule has 1 aliphatic heterocycles. The van der Waals surface area contributed by atoms with Gasteiger partial charge in [0.1, 0.15) is 0 Å². The van der Waals surface area contributed by atoms with Crippen molar-refractivity contribution in [1.82, 2.24) is 9.80 Å². The van der Waals surface area contributed by atoms with Crippen LogP contribution in [0.25, 0.3) is 0 Å². The Labute approximate surface area is 143 Å². The van der Waals surface area contributed by atoms with Crippen LogP contribution in [-0.2, 0) is 13.0 Å². The Kier molecular flexibility index (Phi) is 8.11. The highest BCUT2D eigenvalue weighted by Gasteiger charge is 2.26. The second-order valence-electron chi connectivity index (χ2n) is 6.94. The third-order valence-corrected chi connectivity index (χ3v) is 4.93. The fraction of sp³-hybridized carbons (Fsp3) is 0.714. The number of piperazine rings is 1. The van der Waals surface area contributed by atoms with E-state index in [1.807, 2.05) is 13.8 Å². The summed E-state index contributed by atoms with van der Waals surface area (Å²) in [5.74, 6) is 1.03. The van der Waals surface area contributed by atoms with Crippen molar-refractivity contribution in [3.05, 3.63) is 35.4 Å². The van der Waals surface area contributed by atoms with Crippen LogP contribution in [-0.4, -0.2) is 42.5 Å². The second kappa shape index (κ2) is 10.1. The summed E-state index contributed by atoms with van der Waals surface area (Å²) < 4.78 is 0. The molecule has 2 nitrogen and oxygen atoms in total. The molecule has 0 radical (unpaired) electrons. The van der Waals surface area contributed by atoms with Crippen molar-refractivity contribution >= 4 is 0 Å². The standard InChI is InChI=1S/C19H30N2.C2H6/c1-2-3-4-17-5-7-18(8-6-17)15-20-11-13-21(14-12-20)16-19-9-10-19;1-2/h5-8,19H,2-4,9-16H2,1H3;1-2H3. The van der Waals surface area contributed by atoms with Gasteiger partial charge in [-0.3, -0.25) is 4.90 Å². The maximum absolute atomic E-state index is 2.67. The maximum atomic E-state index is 2.67. The van der Waals surface area contributed by atoms with Crippen molar-refractivity contribution in [3.8, 4) is 0 Å². The Balaban J connectivity index is 0.000000924.